The number of urea groups is 1. The fourth-order valence-electron chi connectivity index (χ4n) is 2.81. The first-order valence-electron chi connectivity index (χ1n) is 6.84. The summed E-state index contributed by atoms with van der Waals surface area (Å²) in [7, 11) is 1.36. The van der Waals surface area contributed by atoms with E-state index in [2.05, 4.69) is 0 Å². The molecular formula is C13H20N2O5. The van der Waals surface area contributed by atoms with Crippen molar-refractivity contribution in [2.75, 3.05) is 33.3 Å². The third kappa shape index (κ3) is 3.20. The molecule has 2 saturated heterocycles. The van der Waals surface area contributed by atoms with Crippen molar-refractivity contribution in [3.63, 3.8) is 0 Å². The second-order valence-corrected chi connectivity index (χ2v) is 5.46. The molecule has 0 saturated carbocycles. The number of carboxylic acid groups (broad SMARTS) is 1. The van der Waals surface area contributed by atoms with E-state index in [9.17, 15) is 14.4 Å². The average molecular weight is 284 g/mol. The summed E-state index contributed by atoms with van der Waals surface area (Å²) in [5, 5.41) is 8.68. The summed E-state index contributed by atoms with van der Waals surface area (Å²) in [6.45, 7) is 2.02. The zero-order chi connectivity index (χ0) is 14.7. The van der Waals surface area contributed by atoms with Crippen LogP contribution in [0.15, 0.2) is 0 Å². The van der Waals surface area contributed by atoms with E-state index in [0.717, 1.165) is 12.8 Å². The minimum absolute atomic E-state index is 0.0534. The summed E-state index contributed by atoms with van der Waals surface area (Å²) in [6.07, 6.45) is 1.64. The Morgan fingerprint density at radius 2 is 1.90 bits per heavy atom. The molecule has 0 aromatic heterocycles. The van der Waals surface area contributed by atoms with Crippen molar-refractivity contribution in [3.05, 3.63) is 0 Å². The van der Waals surface area contributed by atoms with Crippen LogP contribution in [-0.4, -0.2) is 66.2 Å². The van der Waals surface area contributed by atoms with Crippen molar-refractivity contribution in [1.82, 2.24) is 9.80 Å². The molecule has 7 heteroatoms. The van der Waals surface area contributed by atoms with Crippen molar-refractivity contribution in [2.45, 2.75) is 19.3 Å². The quantitative estimate of drug-likeness (QED) is 0.758. The fraction of sp³-hybridized carbons (Fsp3) is 0.769. The number of piperidine rings is 1. The molecule has 0 aliphatic carbocycles. The first-order chi connectivity index (χ1) is 9.51. The maximum atomic E-state index is 12.2. The van der Waals surface area contributed by atoms with Gasteiger partial charge in [-0.25, -0.2) is 4.79 Å². The molecule has 7 nitrogen and oxygen atoms in total. The van der Waals surface area contributed by atoms with Gasteiger partial charge in [-0.05, 0) is 12.8 Å². The van der Waals surface area contributed by atoms with Crippen LogP contribution in [0.2, 0.25) is 0 Å². The Morgan fingerprint density at radius 3 is 2.50 bits per heavy atom. The van der Waals surface area contributed by atoms with Gasteiger partial charge in [0.25, 0.3) is 0 Å². The Hall–Kier alpha value is -1.79. The van der Waals surface area contributed by atoms with Crippen LogP contribution < -0.4 is 0 Å². The topological polar surface area (TPSA) is 87.2 Å². The van der Waals surface area contributed by atoms with Crippen molar-refractivity contribution in [2.24, 2.45) is 11.8 Å². The Morgan fingerprint density at radius 1 is 1.20 bits per heavy atom. The first kappa shape index (κ1) is 14.6. The number of hydrogen-bond donors (Lipinski definition) is 1. The smallest absolute Gasteiger partial charge is 0.320 e. The van der Waals surface area contributed by atoms with Gasteiger partial charge in [-0.3, -0.25) is 9.59 Å². The van der Waals surface area contributed by atoms with E-state index >= 15 is 0 Å². The number of amides is 2. The van der Waals surface area contributed by atoms with Gasteiger partial charge in [0.2, 0.25) is 0 Å². The van der Waals surface area contributed by atoms with E-state index in [4.69, 9.17) is 9.84 Å². The number of hydrogen-bond acceptors (Lipinski definition) is 4. The third-order valence-corrected chi connectivity index (χ3v) is 3.92. The SMILES string of the molecule is COC(=O)C1CCCN(C(=O)N2CC(CC(=O)O)C2)C1. The molecule has 1 N–H and O–H groups in total. The summed E-state index contributed by atoms with van der Waals surface area (Å²) < 4.78 is 4.72. The van der Waals surface area contributed by atoms with Gasteiger partial charge in [0, 0.05) is 32.1 Å². The van der Waals surface area contributed by atoms with Gasteiger partial charge < -0.3 is 19.6 Å². The minimum atomic E-state index is -0.828. The van der Waals surface area contributed by atoms with Gasteiger partial charge in [-0.15, -0.1) is 0 Å². The maximum absolute atomic E-state index is 12.2. The third-order valence-electron chi connectivity index (χ3n) is 3.92. The predicted octanol–water partition coefficient (Wildman–Crippen LogP) is 0.398. The number of carboxylic acids is 1. The summed E-state index contributed by atoms with van der Waals surface area (Å²) >= 11 is 0. The molecule has 2 amide bonds. The molecule has 2 heterocycles. The molecule has 0 radical (unpaired) electrons. The van der Waals surface area contributed by atoms with E-state index in [-0.39, 0.29) is 30.3 Å². The number of carbonyl (C=O) groups is 3. The monoisotopic (exact) mass is 284 g/mol. The van der Waals surface area contributed by atoms with Gasteiger partial charge in [-0.1, -0.05) is 0 Å². The zero-order valence-corrected chi connectivity index (χ0v) is 11.6. The molecule has 2 aliphatic rings. The van der Waals surface area contributed by atoms with E-state index in [1.54, 1.807) is 9.80 Å². The van der Waals surface area contributed by atoms with Crippen LogP contribution in [0.4, 0.5) is 4.79 Å². The Bertz CT molecular complexity index is 406. The highest BCUT2D eigenvalue weighted by Crippen LogP contribution is 2.24. The van der Waals surface area contributed by atoms with Gasteiger partial charge in [0.15, 0.2) is 0 Å². The van der Waals surface area contributed by atoms with Crippen molar-refractivity contribution < 1.29 is 24.2 Å². The lowest BCUT2D eigenvalue weighted by Gasteiger charge is -2.43. The van der Waals surface area contributed by atoms with Gasteiger partial charge in [0.05, 0.1) is 19.4 Å². The molecule has 0 spiro atoms. The van der Waals surface area contributed by atoms with Gasteiger partial charge in [0.1, 0.15) is 0 Å². The maximum Gasteiger partial charge on any atom is 0.320 e. The molecule has 0 bridgehead atoms. The molecule has 1 unspecified atom stereocenters. The second kappa shape index (κ2) is 6.11. The number of esters is 1. The van der Waals surface area contributed by atoms with Crippen LogP contribution >= 0.6 is 0 Å². The molecule has 0 aromatic carbocycles. The number of methoxy groups -OCH3 is 1. The predicted molar refractivity (Wildman–Crippen MR) is 69.0 cm³/mol. The zero-order valence-electron chi connectivity index (χ0n) is 11.6. The average Bonchev–Trinajstić information content (AvgIpc) is 2.40. The molecule has 1 atom stereocenters. The second-order valence-electron chi connectivity index (χ2n) is 5.46. The molecular weight excluding hydrogens is 264 g/mol. The molecule has 2 fully saturated rings. The Balaban J connectivity index is 1.81. The van der Waals surface area contributed by atoms with Crippen LogP contribution in [0.3, 0.4) is 0 Å². The normalized spacial score (nSPS) is 23.1. The van der Waals surface area contributed by atoms with Crippen molar-refractivity contribution >= 4 is 18.0 Å². The number of aliphatic carboxylic acids is 1. The molecule has 2 aliphatic heterocycles. The Kier molecular flexibility index (Phi) is 4.46. The van der Waals surface area contributed by atoms with Gasteiger partial charge in [-0.2, -0.15) is 0 Å². The highest BCUT2D eigenvalue weighted by atomic mass is 16.5. The molecule has 20 heavy (non-hydrogen) atoms. The summed E-state index contributed by atoms with van der Waals surface area (Å²) in [4.78, 5) is 37.6. The van der Waals surface area contributed by atoms with Crippen LogP contribution in [0.1, 0.15) is 19.3 Å². The lowest BCUT2D eigenvalue weighted by atomic mass is 9.95. The molecule has 0 aromatic rings. The molecule has 112 valence electrons. The van der Waals surface area contributed by atoms with E-state index < -0.39 is 5.97 Å². The number of nitrogens with zero attached hydrogens (tertiary/aromatic N) is 2. The standard InChI is InChI=1S/C13H20N2O5/c1-20-12(18)10-3-2-4-14(8-10)13(19)15-6-9(7-15)5-11(16)17/h9-10H,2-8H2,1H3,(H,16,17). The number of ether oxygens (including phenoxy) is 1. The highest BCUT2D eigenvalue weighted by Gasteiger charge is 2.37. The number of likely N-dealkylation sites (tertiary alicyclic amines) is 2. The molecule has 2 rings (SSSR count). The number of rotatable bonds is 3. The van der Waals surface area contributed by atoms with Crippen LogP contribution in [0.25, 0.3) is 0 Å². The van der Waals surface area contributed by atoms with E-state index in [1.165, 1.54) is 7.11 Å². The van der Waals surface area contributed by atoms with E-state index in [0.29, 0.717) is 26.2 Å². The van der Waals surface area contributed by atoms with Crippen LogP contribution in [0.5, 0.6) is 0 Å². The van der Waals surface area contributed by atoms with Crippen molar-refractivity contribution in [1.29, 1.82) is 0 Å². The highest BCUT2D eigenvalue weighted by molar-refractivity contribution is 5.78. The van der Waals surface area contributed by atoms with Crippen LogP contribution in [-0.2, 0) is 14.3 Å². The summed E-state index contributed by atoms with van der Waals surface area (Å²) in [6, 6.07) is -0.0970. The first-order valence-corrected chi connectivity index (χ1v) is 6.84. The fourth-order valence-corrected chi connectivity index (χ4v) is 2.81. The van der Waals surface area contributed by atoms with Gasteiger partial charge >= 0.3 is 18.0 Å². The lowest BCUT2D eigenvalue weighted by molar-refractivity contribution is -0.147. The largest absolute Gasteiger partial charge is 0.481 e. The minimum Gasteiger partial charge on any atom is -0.481 e. The Labute approximate surface area is 117 Å². The number of carbonyl (C=O) groups excluding carboxylic acids is 2. The van der Waals surface area contributed by atoms with E-state index in [1.807, 2.05) is 0 Å². The lowest BCUT2D eigenvalue weighted by Crippen LogP contribution is -2.57. The summed E-state index contributed by atoms with van der Waals surface area (Å²) in [5.74, 6) is -1.29. The summed E-state index contributed by atoms with van der Waals surface area (Å²) in [5.41, 5.74) is 0. The van der Waals surface area contributed by atoms with Crippen LogP contribution in [0, 0.1) is 11.8 Å². The van der Waals surface area contributed by atoms with Crippen molar-refractivity contribution in [3.8, 4) is 0 Å².